The Morgan fingerprint density at radius 3 is 2.50 bits per heavy atom. The van der Waals surface area contributed by atoms with Gasteiger partial charge in [-0.2, -0.15) is 0 Å². The number of hydrogen-bond acceptors (Lipinski definition) is 4. The van der Waals surface area contributed by atoms with Gasteiger partial charge in [0.15, 0.2) is 0 Å². The zero-order valence-electron chi connectivity index (χ0n) is 17.7. The first-order valence-electron chi connectivity index (χ1n) is 10.3. The Bertz CT molecular complexity index is 1110. The summed E-state index contributed by atoms with van der Waals surface area (Å²) < 4.78 is 0. The number of hydrogen-bond donors (Lipinski definition) is 2. The average Bonchev–Trinajstić information content (AvgIpc) is 3.55. The highest BCUT2D eigenvalue weighted by Crippen LogP contribution is 2.41. The molecule has 4 rings (SSSR count). The first kappa shape index (κ1) is 21.8. The summed E-state index contributed by atoms with van der Waals surface area (Å²) in [5.41, 5.74) is 1.93. The molecule has 1 fully saturated rings. The van der Waals surface area contributed by atoms with Crippen molar-refractivity contribution in [2.24, 2.45) is 0 Å². The lowest BCUT2D eigenvalue weighted by Crippen LogP contribution is -2.42. The van der Waals surface area contributed by atoms with Crippen molar-refractivity contribution in [3.8, 4) is 0 Å². The molecule has 1 aliphatic heterocycles. The third kappa shape index (κ3) is 4.18. The number of halogens is 1. The Morgan fingerprint density at radius 2 is 1.84 bits per heavy atom. The second kappa shape index (κ2) is 8.63. The van der Waals surface area contributed by atoms with E-state index in [9.17, 15) is 19.2 Å². The Kier molecular flexibility index (Phi) is 5.88. The highest BCUT2D eigenvalue weighted by Gasteiger charge is 2.47. The van der Waals surface area contributed by atoms with Crippen LogP contribution in [0.2, 0.25) is 5.02 Å². The zero-order chi connectivity index (χ0) is 23.0. The largest absolute Gasteiger partial charge is 0.345 e. The minimum Gasteiger partial charge on any atom is -0.345 e. The number of rotatable bonds is 6. The molecule has 32 heavy (non-hydrogen) atoms. The van der Waals surface area contributed by atoms with Crippen LogP contribution in [0, 0.1) is 0 Å². The summed E-state index contributed by atoms with van der Waals surface area (Å²) >= 11 is 6.17. The molecule has 4 amide bonds. The van der Waals surface area contributed by atoms with Crippen LogP contribution in [0.3, 0.4) is 0 Å². The molecule has 1 saturated carbocycles. The summed E-state index contributed by atoms with van der Waals surface area (Å²) in [4.78, 5) is 53.2. The number of anilines is 1. The van der Waals surface area contributed by atoms with Gasteiger partial charge in [0.2, 0.25) is 11.8 Å². The number of nitrogens with one attached hydrogen (secondary N) is 2. The SMILES string of the molecule is CN(C)C(=O)c1ccc(NC(=O)CNC(=O)C2c3ccccc3C(=O)N2C2CC2)cc1Cl. The van der Waals surface area contributed by atoms with Crippen LogP contribution < -0.4 is 10.6 Å². The molecule has 0 radical (unpaired) electrons. The van der Waals surface area contributed by atoms with Crippen molar-refractivity contribution in [3.63, 3.8) is 0 Å². The van der Waals surface area contributed by atoms with Gasteiger partial charge in [0.25, 0.3) is 11.8 Å². The molecule has 2 aromatic carbocycles. The fourth-order valence-corrected chi connectivity index (χ4v) is 4.07. The lowest BCUT2D eigenvalue weighted by atomic mass is 10.0. The molecule has 2 N–H and O–H groups in total. The molecule has 2 aromatic rings. The molecule has 0 saturated heterocycles. The number of fused-ring (bicyclic) bond motifs is 1. The van der Waals surface area contributed by atoms with Crippen molar-refractivity contribution in [2.45, 2.75) is 24.9 Å². The third-order valence-electron chi connectivity index (χ3n) is 5.50. The van der Waals surface area contributed by atoms with Crippen LogP contribution in [-0.2, 0) is 9.59 Å². The van der Waals surface area contributed by atoms with E-state index in [2.05, 4.69) is 10.6 Å². The standard InChI is InChI=1S/C23H23ClN4O4/c1-27(2)22(31)17-10-7-13(11-18(17)24)26-19(29)12-25-21(30)20-15-5-3-4-6-16(15)23(32)28(20)14-8-9-14/h3-7,10-11,14,20H,8-9,12H2,1-2H3,(H,25,30)(H,26,29). The highest BCUT2D eigenvalue weighted by atomic mass is 35.5. The van der Waals surface area contributed by atoms with Gasteiger partial charge in [0, 0.05) is 31.4 Å². The highest BCUT2D eigenvalue weighted by molar-refractivity contribution is 6.34. The van der Waals surface area contributed by atoms with Crippen molar-refractivity contribution in [2.75, 3.05) is 26.0 Å². The quantitative estimate of drug-likeness (QED) is 0.700. The van der Waals surface area contributed by atoms with Gasteiger partial charge in [-0.3, -0.25) is 19.2 Å². The second-order valence-electron chi connectivity index (χ2n) is 8.09. The van der Waals surface area contributed by atoms with Gasteiger partial charge in [-0.15, -0.1) is 0 Å². The maximum absolute atomic E-state index is 12.9. The van der Waals surface area contributed by atoms with Crippen LogP contribution in [0.1, 0.15) is 45.2 Å². The topological polar surface area (TPSA) is 98.8 Å². The predicted molar refractivity (Wildman–Crippen MR) is 119 cm³/mol. The van der Waals surface area contributed by atoms with E-state index in [1.807, 2.05) is 0 Å². The summed E-state index contributed by atoms with van der Waals surface area (Å²) in [6, 6.07) is 11.0. The first-order valence-corrected chi connectivity index (χ1v) is 10.7. The van der Waals surface area contributed by atoms with E-state index in [0.29, 0.717) is 22.4 Å². The third-order valence-corrected chi connectivity index (χ3v) is 5.81. The minimum absolute atomic E-state index is 0.0602. The fraction of sp³-hybridized carbons (Fsp3) is 0.304. The summed E-state index contributed by atoms with van der Waals surface area (Å²) in [5.74, 6) is -1.23. The van der Waals surface area contributed by atoms with E-state index in [0.717, 1.165) is 12.8 Å². The molecule has 166 valence electrons. The molecule has 0 aromatic heterocycles. The fourth-order valence-electron chi connectivity index (χ4n) is 3.81. The van der Waals surface area contributed by atoms with E-state index < -0.39 is 17.9 Å². The van der Waals surface area contributed by atoms with Gasteiger partial charge in [0.1, 0.15) is 6.04 Å². The number of carbonyl (C=O) groups is 4. The van der Waals surface area contributed by atoms with Gasteiger partial charge in [0.05, 0.1) is 17.1 Å². The average molecular weight is 455 g/mol. The van der Waals surface area contributed by atoms with E-state index in [4.69, 9.17) is 11.6 Å². The normalized spacial score (nSPS) is 17.0. The molecule has 1 aliphatic carbocycles. The van der Waals surface area contributed by atoms with Crippen LogP contribution in [0.5, 0.6) is 0 Å². The molecule has 8 nitrogen and oxygen atoms in total. The predicted octanol–water partition coefficient (Wildman–Crippen LogP) is 2.46. The zero-order valence-corrected chi connectivity index (χ0v) is 18.5. The first-order chi connectivity index (χ1) is 15.3. The summed E-state index contributed by atoms with van der Waals surface area (Å²) in [6.07, 6.45) is 1.74. The molecule has 2 aliphatic rings. The van der Waals surface area contributed by atoms with Gasteiger partial charge < -0.3 is 20.4 Å². The molecule has 0 bridgehead atoms. The van der Waals surface area contributed by atoms with Crippen molar-refractivity contribution in [1.82, 2.24) is 15.1 Å². The van der Waals surface area contributed by atoms with E-state index in [-0.39, 0.29) is 29.4 Å². The van der Waals surface area contributed by atoms with E-state index in [1.165, 1.54) is 17.0 Å². The number of amides is 4. The Balaban J connectivity index is 1.40. The maximum atomic E-state index is 12.9. The Morgan fingerprint density at radius 1 is 1.12 bits per heavy atom. The number of nitrogens with zero attached hydrogens (tertiary/aromatic N) is 2. The van der Waals surface area contributed by atoms with Crippen LogP contribution in [-0.4, -0.2) is 60.1 Å². The minimum atomic E-state index is -0.732. The van der Waals surface area contributed by atoms with Crippen molar-refractivity contribution in [1.29, 1.82) is 0 Å². The van der Waals surface area contributed by atoms with Crippen LogP contribution in [0.4, 0.5) is 5.69 Å². The lowest BCUT2D eigenvalue weighted by Gasteiger charge is -2.24. The molecule has 0 spiro atoms. The second-order valence-corrected chi connectivity index (χ2v) is 8.50. The Hall–Kier alpha value is -3.39. The molecular formula is C23H23ClN4O4. The molecule has 1 heterocycles. The molecule has 1 atom stereocenters. The van der Waals surface area contributed by atoms with Crippen LogP contribution >= 0.6 is 11.6 Å². The molecule has 1 unspecified atom stereocenters. The van der Waals surface area contributed by atoms with Gasteiger partial charge in [-0.05, 0) is 42.7 Å². The monoisotopic (exact) mass is 454 g/mol. The number of carbonyl (C=O) groups excluding carboxylic acids is 4. The summed E-state index contributed by atoms with van der Waals surface area (Å²) in [6.45, 7) is -0.264. The maximum Gasteiger partial charge on any atom is 0.255 e. The number of benzene rings is 2. The lowest BCUT2D eigenvalue weighted by molar-refractivity contribution is -0.127. The van der Waals surface area contributed by atoms with Crippen molar-refractivity contribution in [3.05, 3.63) is 64.2 Å². The van der Waals surface area contributed by atoms with Gasteiger partial charge in [-0.1, -0.05) is 29.8 Å². The van der Waals surface area contributed by atoms with Gasteiger partial charge in [-0.25, -0.2) is 0 Å². The molecular weight excluding hydrogens is 432 g/mol. The smallest absolute Gasteiger partial charge is 0.255 e. The summed E-state index contributed by atoms with van der Waals surface area (Å²) in [5, 5.41) is 5.51. The molecule has 9 heteroatoms. The van der Waals surface area contributed by atoms with E-state index >= 15 is 0 Å². The van der Waals surface area contributed by atoms with Gasteiger partial charge >= 0.3 is 0 Å². The van der Waals surface area contributed by atoms with Crippen LogP contribution in [0.15, 0.2) is 42.5 Å². The van der Waals surface area contributed by atoms with E-state index in [1.54, 1.807) is 49.3 Å². The van der Waals surface area contributed by atoms with Crippen LogP contribution in [0.25, 0.3) is 0 Å². The Labute approximate surface area is 190 Å². The van der Waals surface area contributed by atoms with Crippen molar-refractivity contribution < 1.29 is 19.2 Å². The van der Waals surface area contributed by atoms with Crippen molar-refractivity contribution >= 4 is 40.9 Å². The summed E-state index contributed by atoms with van der Waals surface area (Å²) in [7, 11) is 3.25.